The Labute approximate surface area is 131 Å². The quantitative estimate of drug-likeness (QED) is 0.869. The minimum absolute atomic E-state index is 0.174. The standard InChI is InChI=1S/C15H22N2O4S/c1-3-8-17(9-4-2)22(19,20)12-5-6-14-13(11-12)16-15(18)7-10-21-14/h5-6,11H,3-4,7-10H2,1-2H3,(H,16,18). The number of nitrogens with one attached hydrogen (secondary N) is 1. The number of carbonyl (C=O) groups excluding carboxylic acids is 1. The number of ether oxygens (including phenoxy) is 1. The predicted molar refractivity (Wildman–Crippen MR) is 84.5 cm³/mol. The van der Waals surface area contributed by atoms with Crippen LogP contribution in [0.25, 0.3) is 0 Å². The molecule has 0 saturated heterocycles. The van der Waals surface area contributed by atoms with Gasteiger partial charge in [-0.25, -0.2) is 8.42 Å². The second-order valence-corrected chi connectivity index (χ2v) is 7.15. The van der Waals surface area contributed by atoms with E-state index in [-0.39, 0.29) is 17.2 Å². The van der Waals surface area contributed by atoms with Gasteiger partial charge in [-0.15, -0.1) is 0 Å². The first-order chi connectivity index (χ1) is 10.5. The van der Waals surface area contributed by atoms with E-state index in [2.05, 4.69) is 5.32 Å². The van der Waals surface area contributed by atoms with Crippen molar-refractivity contribution in [3.8, 4) is 5.75 Å². The first-order valence-corrected chi connectivity index (χ1v) is 9.00. The molecule has 1 aliphatic rings. The number of rotatable bonds is 6. The molecule has 0 spiro atoms. The lowest BCUT2D eigenvalue weighted by Crippen LogP contribution is -2.32. The highest BCUT2D eigenvalue weighted by molar-refractivity contribution is 7.89. The summed E-state index contributed by atoms with van der Waals surface area (Å²) in [4.78, 5) is 11.8. The maximum Gasteiger partial charge on any atom is 0.243 e. The summed E-state index contributed by atoms with van der Waals surface area (Å²) in [6.45, 7) is 5.15. The largest absolute Gasteiger partial charge is 0.491 e. The van der Waals surface area contributed by atoms with Crippen LogP contribution >= 0.6 is 0 Å². The molecule has 1 N–H and O–H groups in total. The fourth-order valence-corrected chi connectivity index (χ4v) is 4.01. The SMILES string of the molecule is CCCN(CCC)S(=O)(=O)c1ccc2c(c1)NC(=O)CCO2. The number of carbonyl (C=O) groups is 1. The number of amides is 1. The van der Waals surface area contributed by atoms with Crippen molar-refractivity contribution in [1.29, 1.82) is 0 Å². The van der Waals surface area contributed by atoms with Crippen LogP contribution in [0.3, 0.4) is 0 Å². The molecule has 1 aliphatic heterocycles. The van der Waals surface area contributed by atoms with Gasteiger partial charge < -0.3 is 10.1 Å². The number of benzene rings is 1. The lowest BCUT2D eigenvalue weighted by Gasteiger charge is -2.21. The average Bonchev–Trinajstić information content (AvgIpc) is 2.66. The summed E-state index contributed by atoms with van der Waals surface area (Å²) >= 11 is 0. The molecule has 0 unspecified atom stereocenters. The zero-order chi connectivity index (χ0) is 16.2. The number of hydrogen-bond acceptors (Lipinski definition) is 4. The molecule has 122 valence electrons. The molecule has 0 radical (unpaired) electrons. The highest BCUT2D eigenvalue weighted by Gasteiger charge is 2.25. The molecule has 0 atom stereocenters. The molecule has 0 bridgehead atoms. The Morgan fingerprint density at radius 2 is 1.91 bits per heavy atom. The van der Waals surface area contributed by atoms with Gasteiger partial charge in [-0.05, 0) is 31.0 Å². The van der Waals surface area contributed by atoms with Crippen molar-refractivity contribution >= 4 is 21.6 Å². The van der Waals surface area contributed by atoms with Crippen LogP contribution in [-0.4, -0.2) is 38.3 Å². The van der Waals surface area contributed by atoms with Crippen molar-refractivity contribution in [3.63, 3.8) is 0 Å². The van der Waals surface area contributed by atoms with E-state index >= 15 is 0 Å². The van der Waals surface area contributed by atoms with Crippen LogP contribution < -0.4 is 10.1 Å². The van der Waals surface area contributed by atoms with Gasteiger partial charge in [-0.3, -0.25) is 4.79 Å². The van der Waals surface area contributed by atoms with E-state index in [0.717, 1.165) is 12.8 Å². The van der Waals surface area contributed by atoms with Crippen LogP contribution in [0, 0.1) is 0 Å². The summed E-state index contributed by atoms with van der Waals surface area (Å²) in [6, 6.07) is 4.61. The van der Waals surface area contributed by atoms with E-state index in [9.17, 15) is 13.2 Å². The molecule has 2 rings (SSSR count). The minimum Gasteiger partial charge on any atom is -0.491 e. The van der Waals surface area contributed by atoms with E-state index in [1.54, 1.807) is 6.07 Å². The Kier molecular flexibility index (Phi) is 5.42. The van der Waals surface area contributed by atoms with Crippen LogP contribution in [-0.2, 0) is 14.8 Å². The lowest BCUT2D eigenvalue weighted by atomic mass is 10.3. The summed E-state index contributed by atoms with van der Waals surface area (Å²) < 4.78 is 32.4. The van der Waals surface area contributed by atoms with Crippen LogP contribution in [0.5, 0.6) is 5.75 Å². The normalized spacial score (nSPS) is 15.0. The van der Waals surface area contributed by atoms with E-state index < -0.39 is 10.0 Å². The summed E-state index contributed by atoms with van der Waals surface area (Å²) in [5.74, 6) is 0.328. The molecular formula is C15H22N2O4S. The van der Waals surface area contributed by atoms with E-state index in [1.165, 1.54) is 16.4 Å². The van der Waals surface area contributed by atoms with Crippen molar-refractivity contribution < 1.29 is 17.9 Å². The van der Waals surface area contributed by atoms with Gasteiger partial charge in [0.1, 0.15) is 5.75 Å². The van der Waals surface area contributed by atoms with Crippen molar-refractivity contribution in [2.24, 2.45) is 0 Å². The number of fused-ring (bicyclic) bond motifs is 1. The molecule has 0 fully saturated rings. The van der Waals surface area contributed by atoms with Gasteiger partial charge in [-0.1, -0.05) is 13.8 Å². The van der Waals surface area contributed by atoms with Gasteiger partial charge in [0, 0.05) is 13.1 Å². The van der Waals surface area contributed by atoms with Gasteiger partial charge in [0.15, 0.2) is 0 Å². The Morgan fingerprint density at radius 3 is 2.55 bits per heavy atom. The first kappa shape index (κ1) is 16.8. The number of hydrogen-bond donors (Lipinski definition) is 1. The molecule has 1 aromatic rings. The topological polar surface area (TPSA) is 75.7 Å². The Morgan fingerprint density at radius 1 is 1.23 bits per heavy atom. The average molecular weight is 326 g/mol. The zero-order valence-electron chi connectivity index (χ0n) is 13.0. The third kappa shape index (κ3) is 3.59. The fourth-order valence-electron chi connectivity index (χ4n) is 2.36. The van der Waals surface area contributed by atoms with E-state index in [1.807, 2.05) is 13.8 Å². The van der Waals surface area contributed by atoms with Gasteiger partial charge in [-0.2, -0.15) is 4.31 Å². The monoisotopic (exact) mass is 326 g/mol. The highest BCUT2D eigenvalue weighted by Crippen LogP contribution is 2.31. The summed E-state index contributed by atoms with van der Waals surface area (Å²) in [6.07, 6.45) is 1.77. The molecule has 1 amide bonds. The minimum atomic E-state index is -3.56. The molecule has 1 heterocycles. The first-order valence-electron chi connectivity index (χ1n) is 7.56. The third-order valence-electron chi connectivity index (χ3n) is 3.40. The molecule has 6 nitrogen and oxygen atoms in total. The van der Waals surface area contributed by atoms with Crippen LogP contribution in [0.15, 0.2) is 23.1 Å². The molecular weight excluding hydrogens is 304 g/mol. The van der Waals surface area contributed by atoms with Gasteiger partial charge in [0.05, 0.1) is 23.6 Å². The number of nitrogens with zero attached hydrogens (tertiary/aromatic N) is 1. The smallest absolute Gasteiger partial charge is 0.243 e. The van der Waals surface area contributed by atoms with E-state index in [0.29, 0.717) is 31.1 Å². The van der Waals surface area contributed by atoms with Crippen LogP contribution in [0.1, 0.15) is 33.1 Å². The molecule has 0 aromatic heterocycles. The predicted octanol–water partition coefficient (Wildman–Crippen LogP) is 2.22. The van der Waals surface area contributed by atoms with Crippen molar-refractivity contribution in [2.45, 2.75) is 38.0 Å². The Bertz CT molecular complexity index is 637. The molecule has 7 heteroatoms. The van der Waals surface area contributed by atoms with Crippen LogP contribution in [0.2, 0.25) is 0 Å². The number of anilines is 1. The number of sulfonamides is 1. The maximum atomic E-state index is 12.7. The molecule has 0 saturated carbocycles. The molecule has 0 aliphatic carbocycles. The highest BCUT2D eigenvalue weighted by atomic mass is 32.2. The second kappa shape index (κ2) is 7.11. The van der Waals surface area contributed by atoms with Crippen LogP contribution in [0.4, 0.5) is 5.69 Å². The second-order valence-electron chi connectivity index (χ2n) is 5.21. The Balaban J connectivity index is 2.37. The third-order valence-corrected chi connectivity index (χ3v) is 5.29. The fraction of sp³-hybridized carbons (Fsp3) is 0.533. The van der Waals surface area contributed by atoms with Gasteiger partial charge in [0.2, 0.25) is 15.9 Å². The molecule has 22 heavy (non-hydrogen) atoms. The molecule has 1 aromatic carbocycles. The van der Waals surface area contributed by atoms with Gasteiger partial charge >= 0.3 is 0 Å². The lowest BCUT2D eigenvalue weighted by molar-refractivity contribution is -0.116. The summed E-state index contributed by atoms with van der Waals surface area (Å²) in [5, 5.41) is 2.69. The summed E-state index contributed by atoms with van der Waals surface area (Å²) in [7, 11) is -3.56. The van der Waals surface area contributed by atoms with Crippen molar-refractivity contribution in [3.05, 3.63) is 18.2 Å². The Hall–Kier alpha value is -1.60. The zero-order valence-corrected chi connectivity index (χ0v) is 13.8. The van der Waals surface area contributed by atoms with E-state index in [4.69, 9.17) is 4.74 Å². The van der Waals surface area contributed by atoms with Crippen molar-refractivity contribution in [2.75, 3.05) is 25.0 Å². The van der Waals surface area contributed by atoms with Gasteiger partial charge in [0.25, 0.3) is 0 Å². The maximum absolute atomic E-state index is 12.7. The summed E-state index contributed by atoms with van der Waals surface area (Å²) in [5.41, 5.74) is 0.413. The van der Waals surface area contributed by atoms with Crippen molar-refractivity contribution in [1.82, 2.24) is 4.31 Å².